The van der Waals surface area contributed by atoms with Crippen LogP contribution in [0.2, 0.25) is 0 Å². The molecule has 2 atom stereocenters. The summed E-state index contributed by atoms with van der Waals surface area (Å²) in [5.41, 5.74) is 0.217. The van der Waals surface area contributed by atoms with Crippen LogP contribution in [-0.2, 0) is 16.1 Å². The molecule has 1 saturated heterocycles. The number of benzene rings is 1. The summed E-state index contributed by atoms with van der Waals surface area (Å²) in [7, 11) is 0. The van der Waals surface area contributed by atoms with E-state index >= 15 is 0 Å². The Morgan fingerprint density at radius 2 is 2.00 bits per heavy atom. The van der Waals surface area contributed by atoms with Crippen molar-refractivity contribution in [1.29, 1.82) is 0 Å². The Balaban J connectivity index is 1.77. The van der Waals surface area contributed by atoms with Crippen molar-refractivity contribution in [2.75, 3.05) is 19.7 Å². The van der Waals surface area contributed by atoms with Gasteiger partial charge >= 0.3 is 0 Å². The monoisotopic (exact) mass is 443 g/mol. The smallest absolute Gasteiger partial charge is 0.269 e. The number of nitro benzene ring substituents is 1. The maximum Gasteiger partial charge on any atom is 0.269 e. The number of hydrogen-bond acceptors (Lipinski definition) is 6. The molecule has 1 aliphatic heterocycles. The maximum absolute atomic E-state index is 13.3. The summed E-state index contributed by atoms with van der Waals surface area (Å²) in [5, 5.41) is 10.9. The fourth-order valence-electron chi connectivity index (χ4n) is 3.66. The van der Waals surface area contributed by atoms with Crippen LogP contribution in [0.5, 0.6) is 0 Å². The average molecular weight is 444 g/mol. The summed E-state index contributed by atoms with van der Waals surface area (Å²) >= 11 is 0. The lowest BCUT2D eigenvalue weighted by Crippen LogP contribution is -2.47. The van der Waals surface area contributed by atoms with E-state index in [0.717, 1.165) is 12.8 Å². The number of rotatable bonds is 10. The molecule has 3 rings (SSSR count). The lowest BCUT2D eigenvalue weighted by Gasteiger charge is -2.32. The normalized spacial score (nSPS) is 16.5. The minimum atomic E-state index is -0.512. The second-order valence-corrected chi connectivity index (χ2v) is 7.98. The molecule has 1 aromatic carbocycles. The molecule has 32 heavy (non-hydrogen) atoms. The predicted octanol–water partition coefficient (Wildman–Crippen LogP) is 3.64. The Morgan fingerprint density at radius 3 is 2.56 bits per heavy atom. The highest BCUT2D eigenvalue weighted by Crippen LogP contribution is 2.19. The molecular weight excluding hydrogens is 414 g/mol. The zero-order chi connectivity index (χ0) is 23.1. The van der Waals surface area contributed by atoms with E-state index in [9.17, 15) is 19.7 Å². The number of amides is 2. The zero-order valence-corrected chi connectivity index (χ0v) is 18.4. The van der Waals surface area contributed by atoms with Gasteiger partial charge in [-0.05, 0) is 50.5 Å². The van der Waals surface area contributed by atoms with E-state index in [0.29, 0.717) is 37.4 Å². The molecule has 2 heterocycles. The van der Waals surface area contributed by atoms with Crippen LogP contribution in [-0.4, -0.2) is 58.4 Å². The highest BCUT2D eigenvalue weighted by molar-refractivity contribution is 5.97. The second-order valence-electron chi connectivity index (χ2n) is 7.98. The van der Waals surface area contributed by atoms with Crippen molar-refractivity contribution in [1.82, 2.24) is 9.80 Å². The van der Waals surface area contributed by atoms with Crippen molar-refractivity contribution in [3.05, 3.63) is 64.1 Å². The largest absolute Gasteiger partial charge is 0.467 e. The van der Waals surface area contributed by atoms with Crippen LogP contribution in [0.3, 0.4) is 0 Å². The number of furan rings is 1. The second kappa shape index (κ2) is 10.9. The minimum absolute atomic E-state index is 0.0312. The minimum Gasteiger partial charge on any atom is -0.467 e. The van der Waals surface area contributed by atoms with Gasteiger partial charge in [-0.1, -0.05) is 6.92 Å². The first-order valence-corrected chi connectivity index (χ1v) is 10.9. The third-order valence-corrected chi connectivity index (χ3v) is 5.74. The Morgan fingerprint density at radius 1 is 1.25 bits per heavy atom. The zero-order valence-electron chi connectivity index (χ0n) is 18.4. The van der Waals surface area contributed by atoms with Gasteiger partial charge in [0.1, 0.15) is 12.3 Å². The highest BCUT2D eigenvalue weighted by Gasteiger charge is 2.28. The molecule has 0 bridgehead atoms. The molecule has 1 aromatic heterocycles. The van der Waals surface area contributed by atoms with Gasteiger partial charge in [-0.2, -0.15) is 0 Å². The predicted molar refractivity (Wildman–Crippen MR) is 117 cm³/mol. The summed E-state index contributed by atoms with van der Waals surface area (Å²) in [4.78, 5) is 40.1. The van der Waals surface area contributed by atoms with Crippen molar-refractivity contribution >= 4 is 17.5 Å². The molecule has 2 amide bonds. The van der Waals surface area contributed by atoms with E-state index in [1.165, 1.54) is 29.2 Å². The van der Waals surface area contributed by atoms with Gasteiger partial charge in [0.15, 0.2) is 0 Å². The number of ether oxygens (including phenoxy) is 1. The Hall–Kier alpha value is -3.20. The molecule has 1 aliphatic rings. The number of carbonyl (C=O) groups excluding carboxylic acids is 2. The molecule has 1 fully saturated rings. The molecule has 2 unspecified atom stereocenters. The maximum atomic E-state index is 13.3. The topological polar surface area (TPSA) is 106 Å². The van der Waals surface area contributed by atoms with Crippen LogP contribution < -0.4 is 0 Å². The van der Waals surface area contributed by atoms with E-state index in [1.807, 2.05) is 19.9 Å². The van der Waals surface area contributed by atoms with Gasteiger partial charge in [-0.25, -0.2) is 0 Å². The van der Waals surface area contributed by atoms with Crippen LogP contribution in [0, 0.1) is 10.1 Å². The summed E-state index contributed by atoms with van der Waals surface area (Å²) in [6.45, 7) is 5.14. The summed E-state index contributed by atoms with van der Waals surface area (Å²) in [6, 6.07) is 8.84. The van der Waals surface area contributed by atoms with Gasteiger partial charge in [-0.3, -0.25) is 19.7 Å². The van der Waals surface area contributed by atoms with Gasteiger partial charge in [0.2, 0.25) is 5.91 Å². The Labute approximate surface area is 187 Å². The number of carbonyl (C=O) groups is 2. The molecule has 0 saturated carbocycles. The van der Waals surface area contributed by atoms with Gasteiger partial charge < -0.3 is 19.0 Å². The number of nitro groups is 1. The molecule has 0 radical (unpaired) electrons. The summed E-state index contributed by atoms with van der Waals surface area (Å²) < 4.78 is 11.1. The van der Waals surface area contributed by atoms with Crippen molar-refractivity contribution < 1.29 is 23.7 Å². The standard InChI is InChI=1S/C23H29N3O6/c1-3-17(2)25(23(28)18-8-10-19(11-9-18)26(29)30)16-22(27)24(14-20-6-4-12-31-20)15-21-7-5-13-32-21/h4,6,8-12,17,21H,3,5,7,13-16H2,1-2H3. The van der Waals surface area contributed by atoms with E-state index in [-0.39, 0.29) is 36.2 Å². The van der Waals surface area contributed by atoms with Crippen LogP contribution in [0.1, 0.15) is 49.2 Å². The summed E-state index contributed by atoms with van der Waals surface area (Å²) in [5.74, 6) is 0.123. The van der Waals surface area contributed by atoms with Crippen molar-refractivity contribution in [3.8, 4) is 0 Å². The number of hydrogen-bond donors (Lipinski definition) is 0. The molecule has 172 valence electrons. The Bertz CT molecular complexity index is 906. The quantitative estimate of drug-likeness (QED) is 0.410. The first-order chi connectivity index (χ1) is 15.4. The molecule has 0 N–H and O–H groups in total. The van der Waals surface area contributed by atoms with E-state index in [4.69, 9.17) is 9.15 Å². The van der Waals surface area contributed by atoms with Crippen molar-refractivity contribution in [2.45, 2.75) is 51.8 Å². The van der Waals surface area contributed by atoms with Gasteiger partial charge in [0.05, 0.1) is 23.8 Å². The molecule has 0 aliphatic carbocycles. The van der Waals surface area contributed by atoms with E-state index < -0.39 is 4.92 Å². The lowest BCUT2D eigenvalue weighted by molar-refractivity contribution is -0.384. The molecule has 2 aromatic rings. The van der Waals surface area contributed by atoms with Crippen LogP contribution in [0.25, 0.3) is 0 Å². The molecule has 9 heteroatoms. The fourth-order valence-corrected chi connectivity index (χ4v) is 3.66. The van der Waals surface area contributed by atoms with Gasteiger partial charge in [-0.15, -0.1) is 0 Å². The molecule has 9 nitrogen and oxygen atoms in total. The average Bonchev–Trinajstić information content (AvgIpc) is 3.50. The van der Waals surface area contributed by atoms with Gasteiger partial charge in [0, 0.05) is 36.9 Å². The fraction of sp³-hybridized carbons (Fsp3) is 0.478. The molecule has 0 spiro atoms. The van der Waals surface area contributed by atoms with Crippen LogP contribution >= 0.6 is 0 Å². The molecular formula is C23H29N3O6. The van der Waals surface area contributed by atoms with Gasteiger partial charge in [0.25, 0.3) is 11.6 Å². The van der Waals surface area contributed by atoms with Crippen LogP contribution in [0.15, 0.2) is 47.1 Å². The number of non-ortho nitro benzene ring substituents is 1. The third-order valence-electron chi connectivity index (χ3n) is 5.74. The van der Waals surface area contributed by atoms with Crippen molar-refractivity contribution in [3.63, 3.8) is 0 Å². The first-order valence-electron chi connectivity index (χ1n) is 10.9. The van der Waals surface area contributed by atoms with Crippen molar-refractivity contribution in [2.24, 2.45) is 0 Å². The lowest BCUT2D eigenvalue weighted by atomic mass is 10.1. The number of nitrogens with zero attached hydrogens (tertiary/aromatic N) is 3. The van der Waals surface area contributed by atoms with E-state index in [1.54, 1.807) is 17.2 Å². The Kier molecular flexibility index (Phi) is 7.99. The summed E-state index contributed by atoms with van der Waals surface area (Å²) in [6.07, 6.45) is 4.05. The SMILES string of the molecule is CCC(C)N(CC(=O)N(Cc1ccco1)CC1CCCO1)C(=O)c1ccc([N+](=O)[O-])cc1. The highest BCUT2D eigenvalue weighted by atomic mass is 16.6. The van der Waals surface area contributed by atoms with E-state index in [2.05, 4.69) is 0 Å². The van der Waals surface area contributed by atoms with Crippen LogP contribution in [0.4, 0.5) is 5.69 Å². The first kappa shape index (κ1) is 23.5. The third kappa shape index (κ3) is 5.94.